The molecule has 2 aromatic carbocycles. The van der Waals surface area contributed by atoms with Crippen LogP contribution >= 0.6 is 0 Å². The van der Waals surface area contributed by atoms with Gasteiger partial charge in [-0.15, -0.1) is 0 Å². The molecule has 0 unspecified atom stereocenters. The number of methoxy groups -OCH3 is 1. The number of carbonyl (C=O) groups excluding carboxylic acids is 1. The fourth-order valence-corrected chi connectivity index (χ4v) is 3.68. The highest BCUT2D eigenvalue weighted by Gasteiger charge is 2.16. The first-order valence-electron chi connectivity index (χ1n) is 10.4. The van der Waals surface area contributed by atoms with E-state index in [0.717, 1.165) is 18.7 Å². The van der Waals surface area contributed by atoms with Crippen LogP contribution in [0.1, 0.15) is 49.0 Å². The van der Waals surface area contributed by atoms with Crippen LogP contribution in [0.3, 0.4) is 0 Å². The van der Waals surface area contributed by atoms with E-state index in [1.54, 1.807) is 30.2 Å². The largest absolute Gasteiger partial charge is 0.493 e. The molecule has 3 rings (SSSR count). The third kappa shape index (κ3) is 5.43. The Morgan fingerprint density at radius 1 is 1.03 bits per heavy atom. The van der Waals surface area contributed by atoms with Gasteiger partial charge >= 0.3 is 0 Å². The normalized spacial score (nSPS) is 14.0. The van der Waals surface area contributed by atoms with Crippen LogP contribution in [0.25, 0.3) is 0 Å². The lowest BCUT2D eigenvalue weighted by Gasteiger charge is -2.29. The number of piperidine rings is 1. The maximum absolute atomic E-state index is 12.9. The quantitative estimate of drug-likeness (QED) is 0.678. The summed E-state index contributed by atoms with van der Waals surface area (Å²) in [6.45, 7) is 6.75. The van der Waals surface area contributed by atoms with E-state index in [9.17, 15) is 4.79 Å². The third-order valence-corrected chi connectivity index (χ3v) is 5.20. The van der Waals surface area contributed by atoms with Crippen LogP contribution in [0.5, 0.6) is 11.5 Å². The molecular formula is C24H32N2O3. The zero-order valence-electron chi connectivity index (χ0n) is 18.0. The van der Waals surface area contributed by atoms with E-state index >= 15 is 0 Å². The molecule has 0 radical (unpaired) electrons. The number of anilines is 1. The number of hydrogen-bond acceptors (Lipinski definition) is 4. The van der Waals surface area contributed by atoms with E-state index < -0.39 is 0 Å². The predicted molar refractivity (Wildman–Crippen MR) is 117 cm³/mol. The van der Waals surface area contributed by atoms with E-state index in [4.69, 9.17) is 9.47 Å². The molecule has 0 N–H and O–H groups in total. The highest BCUT2D eigenvalue weighted by molar-refractivity contribution is 5.94. The first kappa shape index (κ1) is 21.0. The SMILES string of the molecule is COc1cc(C(=O)N(C)Cc2ccc(N3CCCCC3)cc2)ccc1OC(C)C. The summed E-state index contributed by atoms with van der Waals surface area (Å²) >= 11 is 0. The fourth-order valence-electron chi connectivity index (χ4n) is 3.68. The van der Waals surface area contributed by atoms with Crippen molar-refractivity contribution in [3.05, 3.63) is 53.6 Å². The van der Waals surface area contributed by atoms with Gasteiger partial charge in [-0.3, -0.25) is 4.79 Å². The molecule has 0 bridgehead atoms. The fraction of sp³-hybridized carbons (Fsp3) is 0.458. The predicted octanol–water partition coefficient (Wildman–Crippen LogP) is 4.74. The molecule has 0 aliphatic carbocycles. The van der Waals surface area contributed by atoms with Gasteiger partial charge in [-0.1, -0.05) is 12.1 Å². The number of hydrogen-bond donors (Lipinski definition) is 0. The molecule has 0 spiro atoms. The zero-order valence-corrected chi connectivity index (χ0v) is 18.0. The molecule has 5 nitrogen and oxygen atoms in total. The number of rotatable bonds is 7. The van der Waals surface area contributed by atoms with Crippen LogP contribution in [0.15, 0.2) is 42.5 Å². The number of carbonyl (C=O) groups is 1. The van der Waals surface area contributed by atoms with Crippen molar-refractivity contribution in [2.75, 3.05) is 32.1 Å². The van der Waals surface area contributed by atoms with Crippen molar-refractivity contribution in [2.24, 2.45) is 0 Å². The maximum atomic E-state index is 12.9. The van der Waals surface area contributed by atoms with Crippen molar-refractivity contribution in [3.8, 4) is 11.5 Å². The standard InChI is InChI=1S/C24H32N2O3/c1-18(2)29-22-13-10-20(16-23(22)28-4)24(27)25(3)17-19-8-11-21(12-9-19)26-14-6-5-7-15-26/h8-13,16,18H,5-7,14-15,17H2,1-4H3. The Morgan fingerprint density at radius 3 is 2.34 bits per heavy atom. The van der Waals surface area contributed by atoms with Gasteiger partial charge in [-0.25, -0.2) is 0 Å². The second-order valence-electron chi connectivity index (χ2n) is 7.91. The summed E-state index contributed by atoms with van der Waals surface area (Å²) in [6, 6.07) is 13.9. The van der Waals surface area contributed by atoms with E-state index in [1.165, 1.54) is 24.9 Å². The van der Waals surface area contributed by atoms with Crippen molar-refractivity contribution in [3.63, 3.8) is 0 Å². The minimum atomic E-state index is -0.0421. The van der Waals surface area contributed by atoms with Gasteiger partial charge in [0, 0.05) is 37.9 Å². The minimum absolute atomic E-state index is 0.0421. The van der Waals surface area contributed by atoms with Crippen LogP contribution in [-0.2, 0) is 6.54 Å². The Balaban J connectivity index is 1.65. The summed E-state index contributed by atoms with van der Waals surface area (Å²) in [5.41, 5.74) is 2.98. The third-order valence-electron chi connectivity index (χ3n) is 5.20. The Morgan fingerprint density at radius 2 is 1.72 bits per heavy atom. The summed E-state index contributed by atoms with van der Waals surface area (Å²) in [5, 5.41) is 0. The Hall–Kier alpha value is -2.69. The minimum Gasteiger partial charge on any atom is -0.493 e. The van der Waals surface area contributed by atoms with Crippen LogP contribution in [0, 0.1) is 0 Å². The lowest BCUT2D eigenvalue weighted by Crippen LogP contribution is -2.29. The summed E-state index contributed by atoms with van der Waals surface area (Å²) in [7, 11) is 3.41. The molecule has 0 saturated carbocycles. The topological polar surface area (TPSA) is 42.0 Å². The van der Waals surface area contributed by atoms with Gasteiger partial charge in [-0.05, 0) is 69.0 Å². The summed E-state index contributed by atoms with van der Waals surface area (Å²) in [6.07, 6.45) is 3.91. The van der Waals surface area contributed by atoms with Crippen molar-refractivity contribution >= 4 is 11.6 Å². The number of ether oxygens (including phenoxy) is 2. The maximum Gasteiger partial charge on any atom is 0.254 e. The van der Waals surface area contributed by atoms with Crippen molar-refractivity contribution in [2.45, 2.75) is 45.8 Å². The highest BCUT2D eigenvalue weighted by Crippen LogP contribution is 2.29. The van der Waals surface area contributed by atoms with Gasteiger partial charge in [0.15, 0.2) is 11.5 Å². The van der Waals surface area contributed by atoms with Gasteiger partial charge < -0.3 is 19.3 Å². The van der Waals surface area contributed by atoms with E-state index in [-0.39, 0.29) is 12.0 Å². The first-order chi connectivity index (χ1) is 14.0. The van der Waals surface area contributed by atoms with Crippen LogP contribution < -0.4 is 14.4 Å². The van der Waals surface area contributed by atoms with E-state index in [0.29, 0.717) is 23.6 Å². The average molecular weight is 397 g/mol. The molecular weight excluding hydrogens is 364 g/mol. The van der Waals surface area contributed by atoms with Crippen LogP contribution in [0.4, 0.5) is 5.69 Å². The van der Waals surface area contributed by atoms with Gasteiger partial charge in [0.05, 0.1) is 13.2 Å². The monoisotopic (exact) mass is 396 g/mol. The number of benzene rings is 2. The number of nitrogens with zero attached hydrogens (tertiary/aromatic N) is 2. The van der Waals surface area contributed by atoms with E-state index in [2.05, 4.69) is 29.2 Å². The van der Waals surface area contributed by atoms with Gasteiger partial charge in [0.25, 0.3) is 5.91 Å². The van der Waals surface area contributed by atoms with Gasteiger partial charge in [0.2, 0.25) is 0 Å². The molecule has 0 atom stereocenters. The Kier molecular flexibility index (Phi) is 7.02. The molecule has 5 heteroatoms. The highest BCUT2D eigenvalue weighted by atomic mass is 16.5. The zero-order chi connectivity index (χ0) is 20.8. The molecule has 1 aliphatic heterocycles. The summed E-state index contributed by atoms with van der Waals surface area (Å²) < 4.78 is 11.1. The first-order valence-corrected chi connectivity index (χ1v) is 10.4. The Bertz CT molecular complexity index is 811. The Labute approximate surface area is 174 Å². The molecule has 0 aromatic heterocycles. The molecule has 156 valence electrons. The lowest BCUT2D eigenvalue weighted by molar-refractivity contribution is 0.0784. The molecule has 1 heterocycles. The van der Waals surface area contributed by atoms with Crippen molar-refractivity contribution < 1.29 is 14.3 Å². The molecule has 29 heavy (non-hydrogen) atoms. The van der Waals surface area contributed by atoms with Gasteiger partial charge in [0.1, 0.15) is 0 Å². The van der Waals surface area contributed by atoms with Gasteiger partial charge in [-0.2, -0.15) is 0 Å². The second kappa shape index (κ2) is 9.68. The second-order valence-corrected chi connectivity index (χ2v) is 7.91. The smallest absolute Gasteiger partial charge is 0.254 e. The molecule has 1 amide bonds. The molecule has 1 fully saturated rings. The van der Waals surface area contributed by atoms with Crippen LogP contribution in [-0.4, -0.2) is 44.2 Å². The van der Waals surface area contributed by atoms with E-state index in [1.807, 2.05) is 20.9 Å². The summed E-state index contributed by atoms with van der Waals surface area (Å²) in [5.74, 6) is 1.18. The molecule has 1 saturated heterocycles. The van der Waals surface area contributed by atoms with Crippen molar-refractivity contribution in [1.29, 1.82) is 0 Å². The van der Waals surface area contributed by atoms with Crippen LogP contribution in [0.2, 0.25) is 0 Å². The molecule has 1 aliphatic rings. The van der Waals surface area contributed by atoms with Crippen molar-refractivity contribution in [1.82, 2.24) is 4.90 Å². The number of amides is 1. The molecule has 2 aromatic rings. The lowest BCUT2D eigenvalue weighted by atomic mass is 10.1. The summed E-state index contributed by atoms with van der Waals surface area (Å²) in [4.78, 5) is 17.1. The average Bonchev–Trinajstić information content (AvgIpc) is 2.74.